The van der Waals surface area contributed by atoms with Crippen LogP contribution in [-0.4, -0.2) is 36.6 Å². The fourth-order valence-electron chi connectivity index (χ4n) is 3.43. The Balaban J connectivity index is 1.88. The van der Waals surface area contributed by atoms with Gasteiger partial charge in [0.2, 0.25) is 0 Å². The molecule has 2 rings (SSSR count). The van der Waals surface area contributed by atoms with Gasteiger partial charge in [0.05, 0.1) is 0 Å². The zero-order chi connectivity index (χ0) is 11.9. The van der Waals surface area contributed by atoms with Crippen molar-refractivity contribution in [1.29, 1.82) is 0 Å². The molecule has 0 amide bonds. The van der Waals surface area contributed by atoms with Crippen LogP contribution in [0.15, 0.2) is 0 Å². The van der Waals surface area contributed by atoms with Gasteiger partial charge in [-0.3, -0.25) is 4.90 Å². The van der Waals surface area contributed by atoms with Gasteiger partial charge in [-0.2, -0.15) is 0 Å². The van der Waals surface area contributed by atoms with Crippen LogP contribution in [0.3, 0.4) is 0 Å². The lowest BCUT2D eigenvalue weighted by molar-refractivity contribution is 0.162. The van der Waals surface area contributed by atoms with Crippen molar-refractivity contribution >= 4 is 0 Å². The van der Waals surface area contributed by atoms with E-state index in [9.17, 15) is 0 Å². The lowest BCUT2D eigenvalue weighted by atomic mass is 9.95. The molecule has 1 aliphatic carbocycles. The van der Waals surface area contributed by atoms with Gasteiger partial charge in [-0.05, 0) is 38.8 Å². The van der Waals surface area contributed by atoms with Crippen LogP contribution >= 0.6 is 0 Å². The summed E-state index contributed by atoms with van der Waals surface area (Å²) in [6.45, 7) is 6.16. The average molecular weight is 238 g/mol. The fraction of sp³-hybridized carbons (Fsp3) is 1.00. The Labute approximate surface area is 107 Å². The number of nitrogens with zero attached hydrogens (tertiary/aromatic N) is 1. The molecule has 0 radical (unpaired) electrons. The third kappa shape index (κ3) is 4.26. The first-order chi connectivity index (χ1) is 8.40. The minimum atomic E-state index is 0.739. The molecule has 2 nitrogen and oxygen atoms in total. The maximum atomic E-state index is 3.69. The van der Waals surface area contributed by atoms with Crippen LogP contribution in [0.25, 0.3) is 0 Å². The van der Waals surface area contributed by atoms with E-state index in [0.717, 1.165) is 12.1 Å². The van der Waals surface area contributed by atoms with Crippen LogP contribution in [0.5, 0.6) is 0 Å². The van der Waals surface area contributed by atoms with Gasteiger partial charge in [0.25, 0.3) is 0 Å². The zero-order valence-electron chi connectivity index (χ0n) is 11.6. The molecule has 1 unspecified atom stereocenters. The van der Waals surface area contributed by atoms with Crippen molar-refractivity contribution in [3.05, 3.63) is 0 Å². The van der Waals surface area contributed by atoms with E-state index in [0.29, 0.717) is 0 Å². The normalized spacial score (nSPS) is 30.5. The summed E-state index contributed by atoms with van der Waals surface area (Å²) in [7, 11) is 0. The molecule has 0 aromatic carbocycles. The second-order valence-electron chi connectivity index (χ2n) is 5.91. The van der Waals surface area contributed by atoms with Crippen LogP contribution < -0.4 is 5.32 Å². The van der Waals surface area contributed by atoms with Crippen LogP contribution in [0.2, 0.25) is 0 Å². The Morgan fingerprint density at radius 3 is 2.41 bits per heavy atom. The monoisotopic (exact) mass is 238 g/mol. The van der Waals surface area contributed by atoms with Gasteiger partial charge >= 0.3 is 0 Å². The molecule has 1 aliphatic heterocycles. The van der Waals surface area contributed by atoms with Gasteiger partial charge < -0.3 is 5.32 Å². The summed E-state index contributed by atoms with van der Waals surface area (Å²) in [5.41, 5.74) is 0. The highest BCUT2D eigenvalue weighted by molar-refractivity contribution is 4.81. The zero-order valence-corrected chi connectivity index (χ0v) is 11.6. The molecule has 0 aromatic rings. The number of nitrogens with one attached hydrogen (secondary N) is 1. The molecule has 1 N–H and O–H groups in total. The molecule has 0 bridgehead atoms. The van der Waals surface area contributed by atoms with Crippen molar-refractivity contribution in [3.8, 4) is 0 Å². The molecule has 1 heterocycles. The van der Waals surface area contributed by atoms with Crippen LogP contribution in [-0.2, 0) is 0 Å². The summed E-state index contributed by atoms with van der Waals surface area (Å²) in [6.07, 6.45) is 12.9. The highest BCUT2D eigenvalue weighted by Gasteiger charge is 2.23. The summed E-state index contributed by atoms with van der Waals surface area (Å²) < 4.78 is 0. The Kier molecular flexibility index (Phi) is 5.79. The van der Waals surface area contributed by atoms with Gasteiger partial charge in [-0.15, -0.1) is 0 Å². The molecule has 2 heteroatoms. The fourth-order valence-corrected chi connectivity index (χ4v) is 3.43. The van der Waals surface area contributed by atoms with E-state index in [-0.39, 0.29) is 0 Å². The maximum Gasteiger partial charge on any atom is 0.0192 e. The summed E-state index contributed by atoms with van der Waals surface area (Å²) >= 11 is 0. The quantitative estimate of drug-likeness (QED) is 0.795. The molecule has 1 saturated heterocycles. The van der Waals surface area contributed by atoms with Gasteiger partial charge in [0.15, 0.2) is 0 Å². The second-order valence-corrected chi connectivity index (χ2v) is 5.91. The molecule has 1 saturated carbocycles. The molecule has 17 heavy (non-hydrogen) atoms. The van der Waals surface area contributed by atoms with Gasteiger partial charge in [0, 0.05) is 18.6 Å². The molecule has 100 valence electrons. The molecule has 2 fully saturated rings. The van der Waals surface area contributed by atoms with E-state index in [1.54, 1.807) is 0 Å². The highest BCUT2D eigenvalue weighted by atomic mass is 15.2. The Morgan fingerprint density at radius 1 is 1.00 bits per heavy atom. The van der Waals surface area contributed by atoms with Crippen LogP contribution in [0.4, 0.5) is 0 Å². The first-order valence-corrected chi connectivity index (χ1v) is 7.87. The Morgan fingerprint density at radius 2 is 1.71 bits per heavy atom. The topological polar surface area (TPSA) is 15.3 Å². The first-order valence-electron chi connectivity index (χ1n) is 7.87. The number of rotatable bonds is 2. The molecule has 2 aliphatic rings. The predicted molar refractivity (Wildman–Crippen MR) is 74.4 cm³/mol. The summed E-state index contributed by atoms with van der Waals surface area (Å²) in [5, 5.41) is 3.69. The SMILES string of the molecule is CCC1CN(C2CCCCCCC2)CCCN1. The molecular formula is C15H30N2. The average Bonchev–Trinajstić information content (AvgIpc) is 2.54. The van der Waals surface area contributed by atoms with Crippen LogP contribution in [0.1, 0.15) is 64.7 Å². The summed E-state index contributed by atoms with van der Waals surface area (Å²) in [5.74, 6) is 0. The van der Waals surface area contributed by atoms with E-state index in [4.69, 9.17) is 0 Å². The van der Waals surface area contributed by atoms with Crippen molar-refractivity contribution in [3.63, 3.8) is 0 Å². The highest BCUT2D eigenvalue weighted by Crippen LogP contribution is 2.22. The maximum absolute atomic E-state index is 3.69. The van der Waals surface area contributed by atoms with Crippen molar-refractivity contribution in [2.24, 2.45) is 0 Å². The lowest BCUT2D eigenvalue weighted by Gasteiger charge is -2.33. The first kappa shape index (κ1) is 13.4. The minimum Gasteiger partial charge on any atom is -0.313 e. The smallest absolute Gasteiger partial charge is 0.0192 e. The third-order valence-electron chi connectivity index (χ3n) is 4.59. The van der Waals surface area contributed by atoms with Gasteiger partial charge in [-0.1, -0.05) is 39.0 Å². The van der Waals surface area contributed by atoms with Crippen molar-refractivity contribution in [2.45, 2.75) is 76.8 Å². The molecular weight excluding hydrogens is 208 g/mol. The predicted octanol–water partition coefficient (Wildman–Crippen LogP) is 3.17. The lowest BCUT2D eigenvalue weighted by Crippen LogP contribution is -2.42. The Hall–Kier alpha value is -0.0800. The van der Waals surface area contributed by atoms with E-state index in [1.807, 2.05) is 0 Å². The minimum absolute atomic E-state index is 0.739. The van der Waals surface area contributed by atoms with E-state index in [1.165, 1.54) is 77.4 Å². The molecule has 1 atom stereocenters. The van der Waals surface area contributed by atoms with Gasteiger partial charge in [0.1, 0.15) is 0 Å². The molecule has 0 aromatic heterocycles. The van der Waals surface area contributed by atoms with Gasteiger partial charge in [-0.25, -0.2) is 0 Å². The standard InChI is InChI=1S/C15H30N2/c1-2-14-13-17(12-8-11-16-14)15-9-6-4-3-5-7-10-15/h14-16H,2-13H2,1H3. The second kappa shape index (κ2) is 7.38. The Bertz CT molecular complexity index is 197. The van der Waals surface area contributed by atoms with E-state index in [2.05, 4.69) is 17.1 Å². The number of hydrogen-bond donors (Lipinski definition) is 1. The third-order valence-corrected chi connectivity index (χ3v) is 4.59. The van der Waals surface area contributed by atoms with E-state index < -0.39 is 0 Å². The number of hydrogen-bond acceptors (Lipinski definition) is 2. The van der Waals surface area contributed by atoms with Crippen molar-refractivity contribution in [1.82, 2.24) is 10.2 Å². The summed E-state index contributed by atoms with van der Waals surface area (Å²) in [6, 6.07) is 1.63. The summed E-state index contributed by atoms with van der Waals surface area (Å²) in [4.78, 5) is 2.81. The van der Waals surface area contributed by atoms with Crippen molar-refractivity contribution in [2.75, 3.05) is 19.6 Å². The van der Waals surface area contributed by atoms with Crippen molar-refractivity contribution < 1.29 is 0 Å². The van der Waals surface area contributed by atoms with E-state index >= 15 is 0 Å². The largest absolute Gasteiger partial charge is 0.313 e. The van der Waals surface area contributed by atoms with Crippen LogP contribution in [0, 0.1) is 0 Å². The molecule has 0 spiro atoms.